The van der Waals surface area contributed by atoms with Gasteiger partial charge in [-0.1, -0.05) is 69.2 Å². The first-order valence-electron chi connectivity index (χ1n) is 26.5. The van der Waals surface area contributed by atoms with Crippen LogP contribution in [0, 0.1) is 85.2 Å². The summed E-state index contributed by atoms with van der Waals surface area (Å²) in [5, 5.41) is 76.1. The van der Waals surface area contributed by atoms with Crippen molar-refractivity contribution in [3.8, 4) is 0 Å². The minimum Gasteiger partial charge on any atom is -0.394 e. The van der Waals surface area contributed by atoms with Crippen LogP contribution >= 0.6 is 0 Å². The van der Waals surface area contributed by atoms with Gasteiger partial charge in [0.1, 0.15) is 0 Å². The van der Waals surface area contributed by atoms with Crippen molar-refractivity contribution in [3.05, 3.63) is 69.7 Å². The zero-order chi connectivity index (χ0) is 47.1. The van der Waals surface area contributed by atoms with Gasteiger partial charge in [-0.2, -0.15) is 0 Å². The summed E-state index contributed by atoms with van der Waals surface area (Å²) >= 11 is 0. The molecule has 0 heterocycles. The van der Waals surface area contributed by atoms with Crippen LogP contribution in [0.2, 0.25) is 0 Å². The Bertz CT molecular complexity index is 2520. The standard InChI is InChI=1S/C58H76O9/c1-32(60)34-23-35-26-40-33(24-38(35)39(25-34)43(61)11-8-22-67-5)14-19-53-20-16-46-55(49(65)30-59)18-7-10-37(27-48(55)64)57(40,46)50(53)44(62)28-41-42-29-51(2,3)31-54-17-6-9-36(54)15-21-56(66)45(52(41,53)4)12-13-47(63)58(42,54)56/h7,10,15,21,23-26,28,32-33,36-37,40,42,45-50,59-60,63-66H,6,8-9,11-14,16-20,22,27,29-31H2,1-5H3/t32-,33+,36+,37+,40-,42+,45-,46+,47+,48-,49+,50-,52-,53+,54-,55-,56-,57+,58-/m0/s1. The Kier molecular flexibility index (Phi) is 9.93. The number of ether oxygens (including phenoxy) is 1. The highest BCUT2D eigenvalue weighted by atomic mass is 16.5. The monoisotopic (exact) mass is 917 g/mol. The first kappa shape index (κ1) is 45.4. The van der Waals surface area contributed by atoms with Crippen LogP contribution < -0.4 is 10.4 Å². The van der Waals surface area contributed by atoms with E-state index in [1.54, 1.807) is 14.0 Å². The number of hydrogen-bond donors (Lipinski definition) is 6. The molecule has 0 unspecified atom stereocenters. The lowest BCUT2D eigenvalue weighted by molar-refractivity contribution is -0.340. The van der Waals surface area contributed by atoms with E-state index >= 15 is 4.79 Å². The van der Waals surface area contributed by atoms with Crippen LogP contribution in [0.4, 0.5) is 0 Å². The molecule has 0 saturated heterocycles. The van der Waals surface area contributed by atoms with Crippen molar-refractivity contribution in [2.75, 3.05) is 20.3 Å². The largest absolute Gasteiger partial charge is 0.394 e. The number of carbonyl (C=O) groups is 2. The highest BCUT2D eigenvalue weighted by Crippen LogP contribution is 2.87. The molecule has 9 nitrogen and oxygen atoms in total. The van der Waals surface area contributed by atoms with Gasteiger partial charge in [0.15, 0.2) is 11.6 Å². The molecule has 0 aliphatic heterocycles. The number of carbonyl (C=O) groups excluding carboxylic acids is 2. The molecule has 3 spiro atoms. The maximum absolute atomic E-state index is 16.6. The maximum Gasteiger partial charge on any atom is 0.163 e. The van der Waals surface area contributed by atoms with E-state index in [1.165, 1.54) is 5.57 Å². The second-order valence-corrected chi connectivity index (χ2v) is 25.5. The molecule has 12 aliphatic carbocycles. The van der Waals surface area contributed by atoms with Crippen molar-refractivity contribution in [3.63, 3.8) is 0 Å². The van der Waals surface area contributed by atoms with Gasteiger partial charge in [-0.05, 0) is 182 Å². The molecule has 0 radical (unpaired) electrons. The van der Waals surface area contributed by atoms with Gasteiger partial charge < -0.3 is 35.4 Å². The number of hydrogen-bond acceptors (Lipinski definition) is 9. The van der Waals surface area contributed by atoms with Gasteiger partial charge in [0, 0.05) is 53.8 Å². The summed E-state index contributed by atoms with van der Waals surface area (Å²) in [6.07, 6.45) is 22.6. The third kappa shape index (κ3) is 5.12. The molecule has 67 heavy (non-hydrogen) atoms. The van der Waals surface area contributed by atoms with Crippen LogP contribution in [0.15, 0.2) is 48.1 Å². The molecule has 0 amide bonds. The Balaban J connectivity index is 1.14. The first-order valence-corrected chi connectivity index (χ1v) is 26.5. The van der Waals surface area contributed by atoms with E-state index in [0.29, 0.717) is 69.1 Å². The molecule has 13 rings (SSSR count). The number of allylic oxidation sites excluding steroid dienone is 5. The predicted molar refractivity (Wildman–Crippen MR) is 254 cm³/mol. The molecule has 7 saturated carbocycles. The number of ketones is 2. The topological polar surface area (TPSA) is 165 Å². The minimum atomic E-state index is -1.29. The maximum atomic E-state index is 16.6. The molecule has 7 fully saturated rings. The lowest BCUT2D eigenvalue weighted by Crippen LogP contribution is -2.83. The summed E-state index contributed by atoms with van der Waals surface area (Å²) in [6, 6.07) is 3.90. The van der Waals surface area contributed by atoms with Crippen LogP contribution in [0.1, 0.15) is 146 Å². The molecular weight excluding hydrogens is 841 g/mol. The van der Waals surface area contributed by atoms with Crippen molar-refractivity contribution in [2.45, 2.75) is 154 Å². The highest BCUT2D eigenvalue weighted by molar-refractivity contribution is 5.98. The average molecular weight is 917 g/mol. The molecule has 6 bridgehead atoms. The number of methoxy groups -OCH3 is 1. The summed E-state index contributed by atoms with van der Waals surface area (Å²) in [5.41, 5.74) is -3.24. The Morgan fingerprint density at radius 1 is 0.925 bits per heavy atom. The molecule has 6 N–H and O–H groups in total. The highest BCUT2D eigenvalue weighted by Gasteiger charge is 2.87. The van der Waals surface area contributed by atoms with Gasteiger partial charge in [-0.15, -0.1) is 0 Å². The summed E-state index contributed by atoms with van der Waals surface area (Å²) < 4.78 is 5.34. The van der Waals surface area contributed by atoms with Gasteiger partial charge in [-0.25, -0.2) is 0 Å². The molecular formula is C58H76O9. The third-order valence-corrected chi connectivity index (χ3v) is 23.1. The molecule has 0 aromatic heterocycles. The number of rotatable bonds is 8. The average Bonchev–Trinajstić information content (AvgIpc) is 3.48. The van der Waals surface area contributed by atoms with Crippen molar-refractivity contribution in [2.24, 2.45) is 85.2 Å². The van der Waals surface area contributed by atoms with Gasteiger partial charge in [-0.3, -0.25) is 9.59 Å². The summed E-state index contributed by atoms with van der Waals surface area (Å²) in [7, 11) is 1.64. The van der Waals surface area contributed by atoms with E-state index in [-0.39, 0.29) is 63.8 Å². The lowest BCUT2D eigenvalue weighted by Gasteiger charge is -2.82. The quantitative estimate of drug-likeness (QED) is 0.0979. The van der Waals surface area contributed by atoms with Crippen molar-refractivity contribution in [1.82, 2.24) is 0 Å². The normalized spacial score (nSPS) is 49.7. The summed E-state index contributed by atoms with van der Waals surface area (Å²) in [6.45, 7) is 8.91. The molecule has 19 atom stereocenters. The fourth-order valence-corrected chi connectivity index (χ4v) is 21.5. The molecule has 12 aliphatic rings. The Morgan fingerprint density at radius 2 is 1.72 bits per heavy atom. The Morgan fingerprint density at radius 3 is 2.48 bits per heavy atom. The van der Waals surface area contributed by atoms with Crippen molar-refractivity contribution in [1.29, 1.82) is 0 Å². The lowest BCUT2D eigenvalue weighted by atomic mass is 9.22. The van der Waals surface area contributed by atoms with Gasteiger partial charge in [0.25, 0.3) is 0 Å². The second kappa shape index (κ2) is 14.7. The Hall–Kier alpha value is -2.76. The first-order chi connectivity index (χ1) is 31.9. The molecule has 9 heteroatoms. The van der Waals surface area contributed by atoms with E-state index in [2.05, 4.69) is 63.3 Å². The number of aliphatic hydroxyl groups excluding tert-OH is 5. The van der Waals surface area contributed by atoms with E-state index in [4.69, 9.17) is 4.74 Å². The van der Waals surface area contributed by atoms with Crippen molar-refractivity contribution >= 4 is 23.7 Å². The van der Waals surface area contributed by atoms with E-state index in [0.717, 1.165) is 55.4 Å². The number of fused-ring (bicyclic) bond motifs is 7. The number of benzene rings is 1. The van der Waals surface area contributed by atoms with Gasteiger partial charge in [0.05, 0.1) is 36.6 Å². The zero-order valence-electron chi connectivity index (χ0n) is 40.6. The number of aliphatic hydroxyl groups is 6. The van der Waals surface area contributed by atoms with Gasteiger partial charge in [0.2, 0.25) is 0 Å². The van der Waals surface area contributed by atoms with Crippen molar-refractivity contribution < 1.29 is 45.0 Å². The third-order valence-electron chi connectivity index (χ3n) is 23.1. The van der Waals surface area contributed by atoms with E-state index in [9.17, 15) is 35.4 Å². The summed E-state index contributed by atoms with van der Waals surface area (Å²) in [5.74, 6) is -1.50. The SMILES string of the molecule is COCCCC(=O)c1cc([C@H](C)O)cc2c1=C[C@H]1CC[C@@]34CC[C@@H]5[C@@]6([C@H](O)CO)CC=C[C@H](C[C@@H]6O)[C@@]5([C@H]3C(=O)C=C3[C@H]5CC(C)(C)C[C@@]67CCC[C@@H]6C=C[C@]6(O)[C@@H](CC[C@@H](O)[C@@]576)[C@]34C)[C@H]1C=2. The van der Waals surface area contributed by atoms with Gasteiger partial charge >= 0.3 is 0 Å². The fraction of sp³-hybridized carbons (Fsp3) is 0.724. The minimum absolute atomic E-state index is 0.00679. The molecule has 1 aromatic carbocycles. The summed E-state index contributed by atoms with van der Waals surface area (Å²) in [4.78, 5) is 30.9. The Labute approximate surface area is 396 Å². The van der Waals surface area contributed by atoms with Crippen LogP contribution in [0.25, 0.3) is 12.2 Å². The predicted octanol–water partition coefficient (Wildman–Crippen LogP) is 6.44. The number of Topliss-reactive ketones (excluding diaryl/α,β-unsaturated/α-hetero) is 1. The fourth-order valence-electron chi connectivity index (χ4n) is 21.5. The van der Waals surface area contributed by atoms with Crippen LogP contribution in [0.3, 0.4) is 0 Å². The smallest absolute Gasteiger partial charge is 0.163 e. The zero-order valence-corrected chi connectivity index (χ0v) is 40.6. The van der Waals surface area contributed by atoms with E-state index < -0.39 is 69.6 Å². The molecule has 1 aromatic rings. The van der Waals surface area contributed by atoms with E-state index in [1.807, 2.05) is 12.1 Å². The van der Waals surface area contributed by atoms with Crippen LogP contribution in [-0.2, 0) is 9.53 Å². The molecule has 362 valence electrons. The second-order valence-electron chi connectivity index (χ2n) is 25.5. The van der Waals surface area contributed by atoms with Crippen LogP contribution in [0.5, 0.6) is 0 Å². The van der Waals surface area contributed by atoms with Crippen LogP contribution in [-0.4, -0.2) is 86.4 Å².